The van der Waals surface area contributed by atoms with Crippen LogP contribution in [0.5, 0.6) is 0 Å². The number of imide groups is 1. The molecule has 160 valence electrons. The lowest BCUT2D eigenvalue weighted by atomic mass is 10.1. The van der Waals surface area contributed by atoms with Crippen LogP contribution in [-0.4, -0.2) is 64.4 Å². The summed E-state index contributed by atoms with van der Waals surface area (Å²) >= 11 is 12.2. The fourth-order valence-electron chi connectivity index (χ4n) is 4.43. The van der Waals surface area contributed by atoms with Gasteiger partial charge in [0.05, 0.1) is 22.3 Å². The number of anilines is 1. The van der Waals surface area contributed by atoms with Gasteiger partial charge in [-0.2, -0.15) is 0 Å². The van der Waals surface area contributed by atoms with Gasteiger partial charge in [0.15, 0.2) is 0 Å². The number of carbonyl (C=O) groups excluding carboxylic acids is 3. The molecule has 9 heteroatoms. The molecular weight excluding hydrogens is 439 g/mol. The summed E-state index contributed by atoms with van der Waals surface area (Å²) in [7, 11) is 0. The lowest BCUT2D eigenvalue weighted by Gasteiger charge is -2.35. The average molecular weight is 459 g/mol. The van der Waals surface area contributed by atoms with Crippen LogP contribution in [0.15, 0.2) is 48.5 Å². The van der Waals surface area contributed by atoms with Crippen LogP contribution in [0.1, 0.15) is 17.9 Å². The Bertz CT molecular complexity index is 1060. The number of amides is 5. The first-order chi connectivity index (χ1) is 15.0. The molecule has 2 aromatic rings. The highest BCUT2D eigenvalue weighted by Gasteiger charge is 2.56. The van der Waals surface area contributed by atoms with Gasteiger partial charge < -0.3 is 15.1 Å². The van der Waals surface area contributed by atoms with Crippen LogP contribution < -0.4 is 5.32 Å². The van der Waals surface area contributed by atoms with Crippen LogP contribution in [0.3, 0.4) is 0 Å². The molecular formula is C22H20Cl2N4O3. The summed E-state index contributed by atoms with van der Waals surface area (Å²) in [5.74, 6) is -0.0495. The summed E-state index contributed by atoms with van der Waals surface area (Å²) in [5, 5.41) is 3.34. The Morgan fingerprint density at radius 1 is 1.00 bits per heavy atom. The van der Waals surface area contributed by atoms with Gasteiger partial charge in [-0.1, -0.05) is 59.6 Å². The number of rotatable bonds is 3. The van der Waals surface area contributed by atoms with E-state index in [4.69, 9.17) is 23.2 Å². The molecule has 3 aliphatic rings. The number of hydrogen-bond acceptors (Lipinski definition) is 3. The third-order valence-electron chi connectivity index (χ3n) is 6.15. The summed E-state index contributed by atoms with van der Waals surface area (Å²) in [5.41, 5.74) is 1.54. The Labute approximate surface area is 189 Å². The summed E-state index contributed by atoms with van der Waals surface area (Å²) in [6, 6.07) is 13.5. The minimum absolute atomic E-state index is 0.111. The Balaban J connectivity index is 1.27. The van der Waals surface area contributed by atoms with Crippen molar-refractivity contribution in [1.29, 1.82) is 0 Å². The topological polar surface area (TPSA) is 73.0 Å². The van der Waals surface area contributed by atoms with Gasteiger partial charge in [0.1, 0.15) is 6.04 Å². The lowest BCUT2D eigenvalue weighted by molar-refractivity contribution is -0.129. The predicted octanol–water partition coefficient (Wildman–Crippen LogP) is 4.03. The fourth-order valence-corrected chi connectivity index (χ4v) is 4.77. The molecule has 5 rings (SSSR count). The number of halogens is 2. The normalized spacial score (nSPS) is 25.0. The van der Waals surface area contributed by atoms with Crippen molar-refractivity contribution in [2.45, 2.75) is 24.4 Å². The molecule has 5 amide bonds. The average Bonchev–Trinajstić information content (AvgIpc) is 3.52. The van der Waals surface area contributed by atoms with Crippen molar-refractivity contribution in [3.8, 4) is 0 Å². The third-order valence-corrected chi connectivity index (χ3v) is 6.97. The molecule has 1 N–H and O–H groups in total. The zero-order valence-electron chi connectivity index (χ0n) is 16.5. The van der Waals surface area contributed by atoms with Crippen molar-refractivity contribution < 1.29 is 14.4 Å². The summed E-state index contributed by atoms with van der Waals surface area (Å²) in [4.78, 5) is 43.3. The quantitative estimate of drug-likeness (QED) is 0.705. The molecule has 7 nitrogen and oxygen atoms in total. The third kappa shape index (κ3) is 3.51. The number of piperazine rings is 1. The maximum Gasteiger partial charge on any atom is 0.327 e. The van der Waals surface area contributed by atoms with E-state index in [1.807, 2.05) is 30.3 Å². The van der Waals surface area contributed by atoms with E-state index in [-0.39, 0.29) is 41.5 Å². The number of hydrogen-bond donors (Lipinski definition) is 1. The van der Waals surface area contributed by atoms with Gasteiger partial charge in [0.2, 0.25) is 0 Å². The zero-order chi connectivity index (χ0) is 21.7. The first kappa shape index (κ1) is 20.2. The van der Waals surface area contributed by atoms with Crippen LogP contribution in [0.4, 0.5) is 15.3 Å². The molecule has 0 bridgehead atoms. The maximum atomic E-state index is 13.1. The van der Waals surface area contributed by atoms with E-state index >= 15 is 0 Å². The van der Waals surface area contributed by atoms with Gasteiger partial charge >= 0.3 is 12.1 Å². The van der Waals surface area contributed by atoms with Gasteiger partial charge in [0, 0.05) is 25.0 Å². The molecule has 0 aromatic heterocycles. The second-order valence-electron chi connectivity index (χ2n) is 8.00. The molecule has 1 aliphatic carbocycles. The minimum atomic E-state index is -0.654. The van der Waals surface area contributed by atoms with Gasteiger partial charge in [0.25, 0.3) is 5.91 Å². The lowest BCUT2D eigenvalue weighted by Crippen LogP contribution is -2.55. The van der Waals surface area contributed by atoms with Gasteiger partial charge in [-0.25, -0.2) is 9.59 Å². The summed E-state index contributed by atoms with van der Waals surface area (Å²) < 4.78 is 0. The van der Waals surface area contributed by atoms with E-state index < -0.39 is 6.04 Å². The fraction of sp³-hybridized carbons (Fsp3) is 0.318. The maximum absolute atomic E-state index is 13.1. The van der Waals surface area contributed by atoms with Crippen LogP contribution in [-0.2, 0) is 4.79 Å². The minimum Gasteiger partial charge on any atom is -0.320 e. The molecule has 0 radical (unpaired) electrons. The van der Waals surface area contributed by atoms with Crippen LogP contribution in [0, 0.1) is 0 Å². The van der Waals surface area contributed by atoms with Crippen LogP contribution >= 0.6 is 23.2 Å². The van der Waals surface area contributed by atoms with E-state index in [2.05, 4.69) is 5.32 Å². The van der Waals surface area contributed by atoms with E-state index in [1.54, 1.807) is 23.1 Å². The molecule has 3 atom stereocenters. The number of benzene rings is 2. The number of nitrogens with one attached hydrogen (secondary N) is 1. The molecule has 2 aromatic carbocycles. The summed E-state index contributed by atoms with van der Waals surface area (Å²) in [6.45, 7) is 0.791. The van der Waals surface area contributed by atoms with E-state index in [0.29, 0.717) is 23.8 Å². The SMILES string of the molecule is O=C(Nc1cccc(Cl)c1Cl)N1CCN2C(=O)N([C@@H]3C[C@H]3c3ccccc3)C(=O)C2C1. The zero-order valence-corrected chi connectivity index (χ0v) is 18.0. The van der Waals surface area contributed by atoms with Crippen LogP contribution in [0.2, 0.25) is 10.0 Å². The Kier molecular flexibility index (Phi) is 5.02. The number of nitrogens with zero attached hydrogens (tertiary/aromatic N) is 3. The van der Waals surface area contributed by atoms with Gasteiger partial charge in [-0.3, -0.25) is 9.69 Å². The molecule has 3 fully saturated rings. The van der Waals surface area contributed by atoms with Gasteiger partial charge in [-0.15, -0.1) is 0 Å². The highest BCUT2D eigenvalue weighted by atomic mass is 35.5. The molecule has 2 heterocycles. The van der Waals surface area contributed by atoms with Crippen LogP contribution in [0.25, 0.3) is 0 Å². The van der Waals surface area contributed by atoms with E-state index in [1.165, 1.54) is 9.80 Å². The molecule has 1 saturated carbocycles. The van der Waals surface area contributed by atoms with Gasteiger partial charge in [-0.05, 0) is 24.1 Å². The second kappa shape index (κ2) is 7.73. The molecule has 2 aliphatic heterocycles. The summed E-state index contributed by atoms with van der Waals surface area (Å²) in [6.07, 6.45) is 0.777. The van der Waals surface area contributed by atoms with Crippen molar-refractivity contribution in [1.82, 2.24) is 14.7 Å². The molecule has 31 heavy (non-hydrogen) atoms. The van der Waals surface area contributed by atoms with Crippen molar-refractivity contribution in [2.75, 3.05) is 25.0 Å². The Morgan fingerprint density at radius 3 is 2.55 bits per heavy atom. The smallest absolute Gasteiger partial charge is 0.320 e. The predicted molar refractivity (Wildman–Crippen MR) is 117 cm³/mol. The van der Waals surface area contributed by atoms with Crippen molar-refractivity contribution >= 4 is 46.9 Å². The second-order valence-corrected chi connectivity index (χ2v) is 8.78. The first-order valence-electron chi connectivity index (χ1n) is 10.1. The highest BCUT2D eigenvalue weighted by molar-refractivity contribution is 6.43. The number of carbonyl (C=O) groups is 3. The number of fused-ring (bicyclic) bond motifs is 1. The van der Waals surface area contributed by atoms with E-state index in [9.17, 15) is 14.4 Å². The van der Waals surface area contributed by atoms with Crippen molar-refractivity contribution in [2.24, 2.45) is 0 Å². The largest absolute Gasteiger partial charge is 0.327 e. The molecule has 1 unspecified atom stereocenters. The standard InChI is InChI=1S/C22H20Cl2N4O3/c23-15-7-4-8-16(19(15)24)25-21(30)26-9-10-27-18(12-26)20(29)28(22(27)31)17-11-14(17)13-5-2-1-3-6-13/h1-8,14,17-18H,9-12H2,(H,25,30)/t14-,17+,18?/m0/s1. The molecule has 2 saturated heterocycles. The van der Waals surface area contributed by atoms with Crippen molar-refractivity contribution in [3.63, 3.8) is 0 Å². The van der Waals surface area contributed by atoms with Crippen molar-refractivity contribution in [3.05, 3.63) is 64.1 Å². The first-order valence-corrected chi connectivity index (χ1v) is 10.9. The van der Waals surface area contributed by atoms with E-state index in [0.717, 1.165) is 12.0 Å². The Hall–Kier alpha value is -2.77. The monoisotopic (exact) mass is 458 g/mol. The Morgan fingerprint density at radius 2 is 1.77 bits per heavy atom. The highest BCUT2D eigenvalue weighted by Crippen LogP contribution is 2.46. The number of urea groups is 2. The molecule has 0 spiro atoms.